The molecule has 164 valence electrons. The fourth-order valence-electron chi connectivity index (χ4n) is 3.63. The number of carbonyl (C=O) groups excluding carboxylic acids is 2. The van der Waals surface area contributed by atoms with Crippen LogP contribution >= 0.6 is 0 Å². The van der Waals surface area contributed by atoms with Crippen molar-refractivity contribution in [3.05, 3.63) is 72.4 Å². The van der Waals surface area contributed by atoms with Gasteiger partial charge in [0, 0.05) is 24.5 Å². The topological polar surface area (TPSA) is 79.9 Å². The van der Waals surface area contributed by atoms with E-state index in [4.69, 9.17) is 9.47 Å². The van der Waals surface area contributed by atoms with Crippen LogP contribution in [0.2, 0.25) is 0 Å². The standard InChI is InChI=1S/C24H29N3O4/c1-4-27(5-2)19-13-11-18(12-14-19)22-21(17(3)25-24(29)26-22)23(28)31-16-15-30-20-9-7-6-8-10-20/h6-14,21-22H,3-5,15-16H2,1-2H3,(H2,25,26,29)/t21-,22+/m1/s1. The van der Waals surface area contributed by atoms with Crippen molar-refractivity contribution >= 4 is 17.7 Å². The molecule has 31 heavy (non-hydrogen) atoms. The molecule has 7 heteroatoms. The van der Waals surface area contributed by atoms with Gasteiger partial charge in [-0.25, -0.2) is 4.79 Å². The Morgan fingerprint density at radius 3 is 2.35 bits per heavy atom. The van der Waals surface area contributed by atoms with Crippen molar-refractivity contribution in [2.75, 3.05) is 31.2 Å². The van der Waals surface area contributed by atoms with Gasteiger partial charge >= 0.3 is 12.0 Å². The summed E-state index contributed by atoms with van der Waals surface area (Å²) in [6.45, 7) is 10.2. The Bertz CT molecular complexity index is 895. The Morgan fingerprint density at radius 2 is 1.71 bits per heavy atom. The fourth-order valence-corrected chi connectivity index (χ4v) is 3.63. The molecule has 1 saturated heterocycles. The quantitative estimate of drug-likeness (QED) is 0.476. The summed E-state index contributed by atoms with van der Waals surface area (Å²) < 4.78 is 11.0. The Labute approximate surface area is 183 Å². The van der Waals surface area contributed by atoms with Crippen LogP contribution in [0.4, 0.5) is 10.5 Å². The molecule has 2 aromatic carbocycles. The maximum Gasteiger partial charge on any atom is 0.319 e. The molecule has 1 heterocycles. The van der Waals surface area contributed by atoms with Crippen molar-refractivity contribution in [2.24, 2.45) is 5.92 Å². The molecule has 2 atom stereocenters. The minimum atomic E-state index is -0.742. The van der Waals surface area contributed by atoms with E-state index in [2.05, 4.69) is 36.0 Å². The van der Waals surface area contributed by atoms with Gasteiger partial charge in [0.05, 0.1) is 6.04 Å². The number of para-hydroxylation sites is 1. The lowest BCUT2D eigenvalue weighted by Crippen LogP contribution is -2.51. The summed E-state index contributed by atoms with van der Waals surface area (Å²) in [5.41, 5.74) is 2.22. The highest BCUT2D eigenvalue weighted by Crippen LogP contribution is 2.31. The van der Waals surface area contributed by atoms with Crippen molar-refractivity contribution in [2.45, 2.75) is 19.9 Å². The number of nitrogens with zero attached hydrogens (tertiary/aromatic N) is 1. The highest BCUT2D eigenvalue weighted by molar-refractivity contribution is 5.85. The van der Waals surface area contributed by atoms with E-state index in [0.29, 0.717) is 11.4 Å². The number of nitrogens with one attached hydrogen (secondary N) is 2. The average molecular weight is 424 g/mol. The molecule has 2 aromatic rings. The number of ether oxygens (including phenoxy) is 2. The Kier molecular flexibility index (Phi) is 7.54. The molecule has 1 fully saturated rings. The number of benzene rings is 2. The van der Waals surface area contributed by atoms with Crippen LogP contribution in [-0.2, 0) is 9.53 Å². The number of urea groups is 1. The molecule has 0 radical (unpaired) electrons. The molecule has 7 nitrogen and oxygen atoms in total. The molecule has 0 aromatic heterocycles. The van der Waals surface area contributed by atoms with Crippen LogP contribution in [0.15, 0.2) is 66.9 Å². The van der Waals surface area contributed by atoms with E-state index < -0.39 is 17.9 Å². The lowest BCUT2D eigenvalue weighted by Gasteiger charge is -2.33. The molecule has 0 bridgehead atoms. The first-order valence-corrected chi connectivity index (χ1v) is 10.5. The molecule has 0 spiro atoms. The Balaban J connectivity index is 1.67. The van der Waals surface area contributed by atoms with E-state index in [-0.39, 0.29) is 19.2 Å². The third-order valence-electron chi connectivity index (χ3n) is 5.24. The number of carbonyl (C=O) groups is 2. The van der Waals surface area contributed by atoms with Crippen LogP contribution in [0.3, 0.4) is 0 Å². The third kappa shape index (κ3) is 5.57. The van der Waals surface area contributed by atoms with Crippen LogP contribution in [0, 0.1) is 5.92 Å². The van der Waals surface area contributed by atoms with Crippen molar-refractivity contribution in [3.8, 4) is 5.75 Å². The Morgan fingerprint density at radius 1 is 1.03 bits per heavy atom. The summed E-state index contributed by atoms with van der Waals surface area (Å²) in [5.74, 6) is -0.499. The predicted octanol–water partition coefficient (Wildman–Crippen LogP) is 3.64. The van der Waals surface area contributed by atoms with Crippen molar-refractivity contribution in [3.63, 3.8) is 0 Å². The molecule has 0 saturated carbocycles. The van der Waals surface area contributed by atoms with Gasteiger partial charge in [-0.05, 0) is 43.7 Å². The number of rotatable bonds is 9. The van der Waals surface area contributed by atoms with E-state index in [1.54, 1.807) is 0 Å². The minimum absolute atomic E-state index is 0.0963. The third-order valence-corrected chi connectivity index (χ3v) is 5.24. The van der Waals surface area contributed by atoms with Crippen LogP contribution in [0.1, 0.15) is 25.5 Å². The fraction of sp³-hybridized carbons (Fsp3) is 0.333. The van der Waals surface area contributed by atoms with Gasteiger partial charge in [0.15, 0.2) is 0 Å². The van der Waals surface area contributed by atoms with Crippen molar-refractivity contribution in [1.82, 2.24) is 10.6 Å². The van der Waals surface area contributed by atoms with E-state index in [9.17, 15) is 9.59 Å². The zero-order valence-corrected chi connectivity index (χ0v) is 18.0. The second-order valence-corrected chi connectivity index (χ2v) is 7.17. The lowest BCUT2D eigenvalue weighted by molar-refractivity contribution is -0.149. The summed E-state index contributed by atoms with van der Waals surface area (Å²) in [7, 11) is 0. The molecular weight excluding hydrogens is 394 g/mol. The first-order chi connectivity index (χ1) is 15.0. The number of amides is 2. The normalized spacial score (nSPS) is 18.0. The van der Waals surface area contributed by atoms with Crippen LogP contribution < -0.4 is 20.3 Å². The summed E-state index contributed by atoms with van der Waals surface area (Å²) in [6.07, 6.45) is 0. The van der Waals surface area contributed by atoms with Gasteiger partial charge in [-0.15, -0.1) is 0 Å². The molecular formula is C24H29N3O4. The SMILES string of the molecule is C=C1NC(=O)N[C@@H](c2ccc(N(CC)CC)cc2)[C@@H]1C(=O)OCCOc1ccccc1. The molecule has 0 aliphatic carbocycles. The van der Waals surface area contributed by atoms with Gasteiger partial charge in [0.2, 0.25) is 0 Å². The molecule has 2 N–H and O–H groups in total. The summed E-state index contributed by atoms with van der Waals surface area (Å²) in [5, 5.41) is 5.42. The number of hydrogen-bond donors (Lipinski definition) is 2. The van der Waals surface area contributed by atoms with Crippen LogP contribution in [0.25, 0.3) is 0 Å². The highest BCUT2D eigenvalue weighted by Gasteiger charge is 2.38. The molecule has 1 aliphatic heterocycles. The van der Waals surface area contributed by atoms with Crippen molar-refractivity contribution < 1.29 is 19.1 Å². The highest BCUT2D eigenvalue weighted by atomic mass is 16.6. The summed E-state index contributed by atoms with van der Waals surface area (Å²) in [4.78, 5) is 27.1. The summed E-state index contributed by atoms with van der Waals surface area (Å²) >= 11 is 0. The zero-order chi connectivity index (χ0) is 22.2. The van der Waals surface area contributed by atoms with Gasteiger partial charge in [-0.2, -0.15) is 0 Å². The van der Waals surface area contributed by atoms with E-state index in [1.807, 2.05) is 54.6 Å². The van der Waals surface area contributed by atoms with Crippen molar-refractivity contribution in [1.29, 1.82) is 0 Å². The first kappa shape index (κ1) is 22.2. The number of hydrogen-bond acceptors (Lipinski definition) is 5. The van der Waals surface area contributed by atoms with Gasteiger partial charge in [-0.3, -0.25) is 4.79 Å². The van der Waals surface area contributed by atoms with Gasteiger partial charge < -0.3 is 25.0 Å². The van der Waals surface area contributed by atoms with Crippen LogP contribution in [0.5, 0.6) is 5.75 Å². The van der Waals surface area contributed by atoms with Gasteiger partial charge in [0.1, 0.15) is 24.9 Å². The summed E-state index contributed by atoms with van der Waals surface area (Å²) in [6, 6.07) is 16.2. The zero-order valence-electron chi connectivity index (χ0n) is 18.0. The van der Waals surface area contributed by atoms with E-state index in [0.717, 1.165) is 24.3 Å². The smallest absolute Gasteiger partial charge is 0.319 e. The van der Waals surface area contributed by atoms with E-state index >= 15 is 0 Å². The second kappa shape index (κ2) is 10.5. The largest absolute Gasteiger partial charge is 0.490 e. The second-order valence-electron chi connectivity index (χ2n) is 7.17. The molecule has 1 aliphatic rings. The van der Waals surface area contributed by atoms with E-state index in [1.165, 1.54) is 0 Å². The predicted molar refractivity (Wildman–Crippen MR) is 120 cm³/mol. The lowest BCUT2D eigenvalue weighted by atomic mass is 9.89. The van der Waals surface area contributed by atoms with Gasteiger partial charge in [-0.1, -0.05) is 36.9 Å². The first-order valence-electron chi connectivity index (χ1n) is 10.5. The number of anilines is 1. The molecule has 3 rings (SSSR count). The number of esters is 1. The van der Waals surface area contributed by atoms with Crippen LogP contribution in [-0.4, -0.2) is 38.3 Å². The molecule has 0 unspecified atom stereocenters. The van der Waals surface area contributed by atoms with Gasteiger partial charge in [0.25, 0.3) is 0 Å². The maximum absolute atomic E-state index is 12.8. The average Bonchev–Trinajstić information content (AvgIpc) is 2.78. The maximum atomic E-state index is 12.8. The Hall–Kier alpha value is -3.48. The molecule has 2 amide bonds. The minimum Gasteiger partial charge on any atom is -0.490 e. The monoisotopic (exact) mass is 423 g/mol.